The molecule has 2 fully saturated rings. The van der Waals surface area contributed by atoms with Crippen molar-refractivity contribution in [2.45, 2.75) is 30.3 Å². The van der Waals surface area contributed by atoms with Gasteiger partial charge in [-0.3, -0.25) is 15.0 Å². The Bertz CT molecular complexity index is 2420. The molecule has 2 aliphatic heterocycles. The van der Waals surface area contributed by atoms with Gasteiger partial charge in [-0.05, 0) is 77.7 Å². The van der Waals surface area contributed by atoms with Crippen molar-refractivity contribution in [1.82, 2.24) is 18.9 Å². The third kappa shape index (κ3) is 4.81. The number of carbonyl (C=O) groups excluding carboxylic acids is 2. The van der Waals surface area contributed by atoms with E-state index in [1.54, 1.807) is 78.9 Å². The van der Waals surface area contributed by atoms with Crippen LogP contribution in [0.4, 0.5) is 5.69 Å². The van der Waals surface area contributed by atoms with E-state index in [0.29, 0.717) is 33.2 Å². The number of para-hydroxylation sites is 1. The maximum atomic E-state index is 15.3. The summed E-state index contributed by atoms with van der Waals surface area (Å²) in [6.45, 7) is 0.0201. The number of hydrogen-bond acceptors (Lipinski definition) is 8. The molecule has 264 valence electrons. The number of nitrogens with one attached hydrogen (secondary N) is 1. The number of ether oxygens (including phenoxy) is 2. The van der Waals surface area contributed by atoms with Crippen molar-refractivity contribution in [2.75, 3.05) is 19.6 Å². The van der Waals surface area contributed by atoms with Gasteiger partial charge in [-0.25, -0.2) is 23.5 Å². The number of imide groups is 1. The molecule has 0 radical (unpaired) electrons. The summed E-state index contributed by atoms with van der Waals surface area (Å²) >= 11 is 12.7. The SMILES string of the molecule is COc1ccc([C@@]23C(=O)N(Nc4ccc(Cl)cc4Cl)C(=O)[C@@H]2C[C@@H]2C(=CCn4c(=O)n(-c5ccccc5)c(=O)n42)[C@@H]3c2ccc(OC)c(O)c2)cc1. The van der Waals surface area contributed by atoms with Gasteiger partial charge in [-0.15, -0.1) is 0 Å². The van der Waals surface area contributed by atoms with E-state index < -0.39 is 46.5 Å². The number of carbonyl (C=O) groups is 2. The fourth-order valence-electron chi connectivity index (χ4n) is 8.16. The van der Waals surface area contributed by atoms with Crippen LogP contribution in [-0.2, 0) is 21.5 Å². The van der Waals surface area contributed by atoms with Crippen molar-refractivity contribution >= 4 is 40.7 Å². The third-order valence-corrected chi connectivity index (χ3v) is 10.9. The number of anilines is 1. The second-order valence-corrected chi connectivity index (χ2v) is 13.7. The molecule has 0 spiro atoms. The highest BCUT2D eigenvalue weighted by atomic mass is 35.5. The first-order valence-corrected chi connectivity index (χ1v) is 17.2. The Hall–Kier alpha value is -5.72. The molecule has 4 aromatic carbocycles. The van der Waals surface area contributed by atoms with Gasteiger partial charge in [0.25, 0.3) is 11.8 Å². The molecule has 1 aromatic heterocycles. The van der Waals surface area contributed by atoms with E-state index in [2.05, 4.69) is 5.43 Å². The number of aromatic hydroxyl groups is 1. The average molecular weight is 741 g/mol. The van der Waals surface area contributed by atoms with Gasteiger partial charge in [0.05, 0.1) is 54.5 Å². The van der Waals surface area contributed by atoms with Crippen LogP contribution in [0.25, 0.3) is 5.69 Å². The summed E-state index contributed by atoms with van der Waals surface area (Å²) in [7, 11) is 2.96. The quantitative estimate of drug-likeness (QED) is 0.166. The Morgan fingerprint density at radius 2 is 1.62 bits per heavy atom. The fraction of sp³-hybridized carbons (Fsp3) is 0.211. The van der Waals surface area contributed by atoms with Crippen LogP contribution in [0.5, 0.6) is 17.2 Å². The molecule has 5 aromatic rings. The minimum absolute atomic E-state index is 0.00818. The Kier molecular flexibility index (Phi) is 8.03. The highest BCUT2D eigenvalue weighted by Crippen LogP contribution is 2.62. The number of phenols is 1. The van der Waals surface area contributed by atoms with Crippen LogP contribution in [0.2, 0.25) is 10.0 Å². The summed E-state index contributed by atoms with van der Waals surface area (Å²) in [6.07, 6.45) is 1.84. The maximum Gasteiger partial charge on any atom is 0.352 e. The number of benzene rings is 4. The first kappa shape index (κ1) is 33.4. The molecule has 0 unspecified atom stereocenters. The van der Waals surface area contributed by atoms with E-state index in [-0.39, 0.29) is 35.2 Å². The van der Waals surface area contributed by atoms with Gasteiger partial charge in [0.15, 0.2) is 11.5 Å². The maximum absolute atomic E-state index is 15.3. The molecule has 8 rings (SSSR count). The van der Waals surface area contributed by atoms with Crippen molar-refractivity contribution in [3.63, 3.8) is 0 Å². The van der Waals surface area contributed by atoms with Gasteiger partial charge < -0.3 is 14.6 Å². The monoisotopic (exact) mass is 739 g/mol. The molecule has 12 nitrogen and oxygen atoms in total. The number of hydrogen-bond donors (Lipinski definition) is 2. The van der Waals surface area contributed by atoms with E-state index in [0.717, 1.165) is 9.58 Å². The Balaban J connectivity index is 1.39. The lowest BCUT2D eigenvalue weighted by Crippen LogP contribution is -2.53. The topological polar surface area (TPSA) is 137 Å². The second kappa shape index (κ2) is 12.5. The Morgan fingerprint density at radius 1 is 0.865 bits per heavy atom. The van der Waals surface area contributed by atoms with Crippen molar-refractivity contribution in [3.8, 4) is 22.9 Å². The summed E-state index contributed by atoms with van der Waals surface area (Å²) in [5.41, 5.74) is 2.55. The summed E-state index contributed by atoms with van der Waals surface area (Å²) < 4.78 is 14.7. The largest absolute Gasteiger partial charge is 0.504 e. The second-order valence-electron chi connectivity index (χ2n) is 12.8. The lowest BCUT2D eigenvalue weighted by molar-refractivity contribution is -0.138. The highest BCUT2D eigenvalue weighted by molar-refractivity contribution is 6.36. The number of phenolic OH excluding ortho intramolecular Hbond substituents is 1. The zero-order valence-corrected chi connectivity index (χ0v) is 29.3. The molecule has 2 N–H and O–H groups in total. The van der Waals surface area contributed by atoms with Crippen LogP contribution < -0.4 is 26.3 Å². The number of rotatable bonds is 7. The molecule has 4 atom stereocenters. The molecule has 0 bridgehead atoms. The molecule has 1 saturated heterocycles. The highest BCUT2D eigenvalue weighted by Gasteiger charge is 2.69. The van der Waals surface area contributed by atoms with E-state index in [1.807, 2.05) is 6.08 Å². The number of halogens is 2. The van der Waals surface area contributed by atoms with Gasteiger partial charge in [-0.2, -0.15) is 5.01 Å². The lowest BCUT2D eigenvalue weighted by Gasteiger charge is -2.49. The van der Waals surface area contributed by atoms with E-state index in [9.17, 15) is 19.5 Å². The number of fused-ring (bicyclic) bond motifs is 4. The molecular weight excluding hydrogens is 709 g/mol. The third-order valence-electron chi connectivity index (χ3n) is 10.4. The van der Waals surface area contributed by atoms with Crippen LogP contribution in [0.15, 0.2) is 112 Å². The number of allylic oxidation sites excluding steroid dienone is 2. The molecule has 2 amide bonds. The van der Waals surface area contributed by atoms with Gasteiger partial charge in [0.1, 0.15) is 5.75 Å². The van der Waals surface area contributed by atoms with Crippen LogP contribution >= 0.6 is 23.2 Å². The zero-order chi connectivity index (χ0) is 36.5. The summed E-state index contributed by atoms with van der Waals surface area (Å²) in [5.74, 6) is -2.55. The van der Waals surface area contributed by atoms with Gasteiger partial charge in [0, 0.05) is 10.9 Å². The first-order chi connectivity index (χ1) is 25.1. The molecule has 1 saturated carbocycles. The van der Waals surface area contributed by atoms with Crippen molar-refractivity contribution in [3.05, 3.63) is 145 Å². The number of nitrogens with zero attached hydrogens (tertiary/aromatic N) is 4. The van der Waals surface area contributed by atoms with Crippen LogP contribution in [0.1, 0.15) is 29.5 Å². The van der Waals surface area contributed by atoms with Gasteiger partial charge in [0.2, 0.25) is 0 Å². The summed E-state index contributed by atoms with van der Waals surface area (Å²) in [4.78, 5) is 58.3. The molecular formula is C38H31Cl2N5O7. The molecule has 14 heteroatoms. The normalized spacial score (nSPS) is 22.0. The number of methoxy groups -OCH3 is 2. The smallest absolute Gasteiger partial charge is 0.352 e. The number of amides is 2. The average Bonchev–Trinajstić information content (AvgIpc) is 3.53. The van der Waals surface area contributed by atoms with E-state index >= 15 is 4.79 Å². The zero-order valence-electron chi connectivity index (χ0n) is 27.8. The summed E-state index contributed by atoms with van der Waals surface area (Å²) in [6, 6.07) is 24.2. The predicted molar refractivity (Wildman–Crippen MR) is 194 cm³/mol. The van der Waals surface area contributed by atoms with Crippen LogP contribution in [0.3, 0.4) is 0 Å². The molecule has 1 aliphatic carbocycles. The molecule has 3 heterocycles. The number of hydrazine groups is 1. The first-order valence-electron chi connectivity index (χ1n) is 16.4. The van der Waals surface area contributed by atoms with Crippen molar-refractivity contribution < 1.29 is 24.2 Å². The van der Waals surface area contributed by atoms with Gasteiger partial charge >= 0.3 is 11.4 Å². The predicted octanol–water partition coefficient (Wildman–Crippen LogP) is 5.45. The summed E-state index contributed by atoms with van der Waals surface area (Å²) in [5, 5.41) is 12.6. The fourth-order valence-corrected chi connectivity index (χ4v) is 8.62. The van der Waals surface area contributed by atoms with Gasteiger partial charge in [-0.1, -0.05) is 65.7 Å². The van der Waals surface area contributed by atoms with Crippen molar-refractivity contribution in [1.29, 1.82) is 0 Å². The van der Waals surface area contributed by atoms with Crippen LogP contribution in [0, 0.1) is 5.92 Å². The number of aromatic nitrogens is 3. The lowest BCUT2D eigenvalue weighted by atomic mass is 9.53. The standard InChI is InChI=1S/C38H31Cl2N5O7/c1-51-25-12-9-22(10-13-25)38-27(34(47)44(35(38)48)41-29-14-11-23(39)19-28(29)40)20-30-26(33(38)21-8-15-32(52-2)31(46)18-21)16-17-42-36(49)43(37(50)45(30)42)24-6-4-3-5-7-24/h3-16,18-19,27,30,33,41,46H,17,20H2,1-2H3/t27-,30+,33-,38+/m0/s1. The van der Waals surface area contributed by atoms with E-state index in [4.69, 9.17) is 32.7 Å². The minimum atomic E-state index is -1.60. The minimum Gasteiger partial charge on any atom is -0.504 e. The van der Waals surface area contributed by atoms with Crippen molar-refractivity contribution in [2.24, 2.45) is 5.92 Å². The Labute approximate surface area is 306 Å². The molecule has 52 heavy (non-hydrogen) atoms. The Morgan fingerprint density at radius 3 is 2.29 bits per heavy atom. The van der Waals surface area contributed by atoms with E-state index in [1.165, 1.54) is 35.7 Å². The van der Waals surface area contributed by atoms with Crippen LogP contribution in [-0.4, -0.2) is 50.1 Å². The molecule has 3 aliphatic rings.